The molecular formula is C15H16ClNS. The molecule has 1 N–H and O–H groups in total. The fraction of sp³-hybridized carbons (Fsp3) is 0.200. The number of hydrogen-bond donors (Lipinski definition) is 1. The van der Waals surface area contributed by atoms with Crippen LogP contribution in [0.1, 0.15) is 11.1 Å². The molecule has 0 saturated carbocycles. The molecule has 2 rings (SSSR count). The van der Waals surface area contributed by atoms with Crippen molar-refractivity contribution in [2.24, 2.45) is 0 Å². The van der Waals surface area contributed by atoms with Crippen molar-refractivity contribution in [2.75, 3.05) is 7.05 Å². The minimum Gasteiger partial charge on any atom is -0.316 e. The highest BCUT2D eigenvalue weighted by Gasteiger charge is 2.01. The van der Waals surface area contributed by atoms with Crippen LogP contribution in [0.2, 0.25) is 5.02 Å². The summed E-state index contributed by atoms with van der Waals surface area (Å²) in [5, 5.41) is 4.01. The lowest BCUT2D eigenvalue weighted by Crippen LogP contribution is -2.04. The van der Waals surface area contributed by atoms with Crippen molar-refractivity contribution < 1.29 is 0 Å². The average Bonchev–Trinajstić information content (AvgIpc) is 2.39. The van der Waals surface area contributed by atoms with E-state index >= 15 is 0 Å². The van der Waals surface area contributed by atoms with Gasteiger partial charge in [0.15, 0.2) is 0 Å². The molecule has 2 aromatic carbocycles. The first-order chi connectivity index (χ1) is 8.79. The van der Waals surface area contributed by atoms with Gasteiger partial charge in [0.25, 0.3) is 0 Å². The summed E-state index contributed by atoms with van der Waals surface area (Å²) in [6.07, 6.45) is 0. The number of rotatable bonds is 5. The standard InChI is InChI=1S/C15H16ClNS/c1-17-10-12-5-4-7-14(9-12)18-11-13-6-2-3-8-15(13)16/h2-9,17H,10-11H2,1H3. The molecule has 0 spiro atoms. The Balaban J connectivity index is 2.02. The average molecular weight is 278 g/mol. The van der Waals surface area contributed by atoms with Gasteiger partial charge in [0.2, 0.25) is 0 Å². The molecule has 0 bridgehead atoms. The Morgan fingerprint density at radius 2 is 1.94 bits per heavy atom. The summed E-state index contributed by atoms with van der Waals surface area (Å²) in [7, 11) is 1.96. The monoisotopic (exact) mass is 277 g/mol. The van der Waals surface area contributed by atoms with Gasteiger partial charge in [-0.2, -0.15) is 0 Å². The molecule has 18 heavy (non-hydrogen) atoms. The topological polar surface area (TPSA) is 12.0 Å². The molecule has 0 fully saturated rings. The van der Waals surface area contributed by atoms with Crippen molar-refractivity contribution in [1.82, 2.24) is 5.32 Å². The summed E-state index contributed by atoms with van der Waals surface area (Å²) in [6, 6.07) is 16.6. The highest BCUT2D eigenvalue weighted by atomic mass is 35.5. The van der Waals surface area contributed by atoms with Crippen LogP contribution in [0.4, 0.5) is 0 Å². The van der Waals surface area contributed by atoms with E-state index in [9.17, 15) is 0 Å². The van der Waals surface area contributed by atoms with E-state index in [1.165, 1.54) is 16.0 Å². The van der Waals surface area contributed by atoms with Gasteiger partial charge in [-0.1, -0.05) is 41.9 Å². The molecule has 0 atom stereocenters. The highest BCUT2D eigenvalue weighted by molar-refractivity contribution is 7.98. The molecule has 0 amide bonds. The van der Waals surface area contributed by atoms with Crippen LogP contribution >= 0.6 is 23.4 Å². The lowest BCUT2D eigenvalue weighted by atomic mass is 10.2. The SMILES string of the molecule is CNCc1cccc(SCc2ccccc2Cl)c1. The van der Waals surface area contributed by atoms with Crippen molar-refractivity contribution in [1.29, 1.82) is 0 Å². The Kier molecular flexibility index (Phi) is 5.12. The van der Waals surface area contributed by atoms with E-state index in [0.717, 1.165) is 17.3 Å². The minimum absolute atomic E-state index is 0.844. The number of benzene rings is 2. The summed E-state index contributed by atoms with van der Waals surface area (Å²) >= 11 is 7.96. The van der Waals surface area contributed by atoms with Gasteiger partial charge < -0.3 is 5.32 Å². The molecule has 0 aromatic heterocycles. The second-order valence-electron chi connectivity index (χ2n) is 4.06. The third kappa shape index (κ3) is 3.77. The molecule has 1 nitrogen and oxygen atoms in total. The normalized spacial score (nSPS) is 10.6. The van der Waals surface area contributed by atoms with Crippen molar-refractivity contribution >= 4 is 23.4 Å². The molecule has 2 aromatic rings. The molecule has 0 heterocycles. The van der Waals surface area contributed by atoms with Gasteiger partial charge in [0, 0.05) is 22.2 Å². The Hall–Kier alpha value is -0.960. The maximum absolute atomic E-state index is 6.15. The zero-order valence-corrected chi connectivity index (χ0v) is 11.9. The maximum Gasteiger partial charge on any atom is 0.0446 e. The smallest absolute Gasteiger partial charge is 0.0446 e. The van der Waals surface area contributed by atoms with Gasteiger partial charge in [-0.25, -0.2) is 0 Å². The predicted molar refractivity (Wildman–Crippen MR) is 80.2 cm³/mol. The van der Waals surface area contributed by atoms with Crippen molar-refractivity contribution in [2.45, 2.75) is 17.2 Å². The molecular weight excluding hydrogens is 262 g/mol. The van der Waals surface area contributed by atoms with E-state index in [4.69, 9.17) is 11.6 Å². The van der Waals surface area contributed by atoms with Gasteiger partial charge in [-0.05, 0) is 36.4 Å². The molecule has 0 saturated heterocycles. The van der Waals surface area contributed by atoms with Gasteiger partial charge in [-0.3, -0.25) is 0 Å². The summed E-state index contributed by atoms with van der Waals surface area (Å²) in [5.74, 6) is 0.905. The van der Waals surface area contributed by atoms with Crippen LogP contribution in [-0.2, 0) is 12.3 Å². The van der Waals surface area contributed by atoms with Crippen LogP contribution in [0.15, 0.2) is 53.4 Å². The Labute approximate surface area is 118 Å². The molecule has 0 aliphatic heterocycles. The summed E-state index contributed by atoms with van der Waals surface area (Å²) < 4.78 is 0. The second-order valence-corrected chi connectivity index (χ2v) is 5.51. The number of thioether (sulfide) groups is 1. The fourth-order valence-corrected chi connectivity index (χ4v) is 2.99. The lowest BCUT2D eigenvalue weighted by molar-refractivity contribution is 0.815. The Bertz CT molecular complexity index is 513. The van der Waals surface area contributed by atoms with Gasteiger partial charge in [0.1, 0.15) is 0 Å². The third-order valence-corrected chi connectivity index (χ3v) is 4.04. The highest BCUT2D eigenvalue weighted by Crippen LogP contribution is 2.27. The number of hydrogen-bond acceptors (Lipinski definition) is 2. The largest absolute Gasteiger partial charge is 0.316 e. The molecule has 0 aliphatic carbocycles. The molecule has 0 unspecified atom stereocenters. The van der Waals surface area contributed by atoms with Crippen molar-refractivity contribution in [3.8, 4) is 0 Å². The van der Waals surface area contributed by atoms with Crippen LogP contribution < -0.4 is 5.32 Å². The molecule has 0 aliphatic rings. The van der Waals surface area contributed by atoms with Gasteiger partial charge in [-0.15, -0.1) is 11.8 Å². The lowest BCUT2D eigenvalue weighted by Gasteiger charge is -2.06. The molecule has 3 heteroatoms. The summed E-state index contributed by atoms with van der Waals surface area (Å²) in [6.45, 7) is 0.903. The minimum atomic E-state index is 0.844. The quantitative estimate of drug-likeness (QED) is 0.816. The predicted octanol–water partition coefficient (Wildman–Crippen LogP) is 4.35. The third-order valence-electron chi connectivity index (χ3n) is 2.63. The van der Waals surface area contributed by atoms with Crippen LogP contribution in [0.25, 0.3) is 0 Å². The van der Waals surface area contributed by atoms with Crippen LogP contribution in [0.5, 0.6) is 0 Å². The van der Waals surface area contributed by atoms with Crippen LogP contribution in [-0.4, -0.2) is 7.05 Å². The van der Waals surface area contributed by atoms with Gasteiger partial charge >= 0.3 is 0 Å². The number of halogens is 1. The zero-order valence-electron chi connectivity index (χ0n) is 10.3. The van der Waals surface area contributed by atoms with E-state index in [0.29, 0.717) is 0 Å². The summed E-state index contributed by atoms with van der Waals surface area (Å²) in [5.41, 5.74) is 2.49. The first kappa shape index (κ1) is 13.5. The second kappa shape index (κ2) is 6.83. The van der Waals surface area contributed by atoms with Gasteiger partial charge in [0.05, 0.1) is 0 Å². The van der Waals surface area contributed by atoms with E-state index in [1.807, 2.05) is 37.0 Å². The van der Waals surface area contributed by atoms with E-state index in [2.05, 4.69) is 35.6 Å². The van der Waals surface area contributed by atoms with E-state index in [-0.39, 0.29) is 0 Å². The van der Waals surface area contributed by atoms with E-state index in [1.54, 1.807) is 0 Å². The fourth-order valence-electron chi connectivity index (χ4n) is 1.73. The van der Waals surface area contributed by atoms with Crippen molar-refractivity contribution in [3.63, 3.8) is 0 Å². The Morgan fingerprint density at radius 1 is 1.11 bits per heavy atom. The Morgan fingerprint density at radius 3 is 2.72 bits per heavy atom. The molecule has 94 valence electrons. The molecule has 0 radical (unpaired) electrons. The van der Waals surface area contributed by atoms with Crippen LogP contribution in [0, 0.1) is 0 Å². The number of nitrogens with one attached hydrogen (secondary N) is 1. The summed E-state index contributed by atoms with van der Waals surface area (Å²) in [4.78, 5) is 1.28. The zero-order chi connectivity index (χ0) is 12.8. The van der Waals surface area contributed by atoms with E-state index < -0.39 is 0 Å². The maximum atomic E-state index is 6.15. The van der Waals surface area contributed by atoms with Crippen LogP contribution in [0.3, 0.4) is 0 Å². The first-order valence-corrected chi connectivity index (χ1v) is 7.25. The van der Waals surface area contributed by atoms with Crippen molar-refractivity contribution in [3.05, 3.63) is 64.7 Å². The first-order valence-electron chi connectivity index (χ1n) is 5.89.